The molecule has 8 nitrogen and oxygen atoms in total. The minimum Gasteiger partial charge on any atom is -0.481 e. The Morgan fingerprint density at radius 1 is 1.72 bits per heavy atom. The zero-order chi connectivity index (χ0) is 13.3. The number of hydrogen-bond acceptors (Lipinski definition) is 6. The molecule has 0 saturated heterocycles. The molecule has 2 aromatic rings. The molecule has 18 heavy (non-hydrogen) atoms. The van der Waals surface area contributed by atoms with Gasteiger partial charge in [-0.1, -0.05) is 11.3 Å². The molecule has 0 aliphatic rings. The fourth-order valence-electron chi connectivity index (χ4n) is 1.56. The third kappa shape index (κ3) is 2.12. The van der Waals surface area contributed by atoms with Gasteiger partial charge in [0.2, 0.25) is 5.82 Å². The number of aromatic nitrogens is 2. The number of carbonyl (C=O) groups is 1. The lowest BCUT2D eigenvalue weighted by Gasteiger charge is -2.14. The Morgan fingerprint density at radius 3 is 3.06 bits per heavy atom. The number of carboxylic acids is 1. The molecule has 9 heteroatoms. The first-order chi connectivity index (χ1) is 8.50. The average molecular weight is 270 g/mol. The predicted molar refractivity (Wildman–Crippen MR) is 65.2 cm³/mol. The molecular weight excluding hydrogens is 260 g/mol. The van der Waals surface area contributed by atoms with Crippen molar-refractivity contribution in [1.82, 2.24) is 9.38 Å². The molecule has 2 heterocycles. The largest absolute Gasteiger partial charge is 0.481 e. The summed E-state index contributed by atoms with van der Waals surface area (Å²) >= 11 is 1.29. The van der Waals surface area contributed by atoms with Gasteiger partial charge in [0.15, 0.2) is 0 Å². The number of imidazole rings is 1. The SMILES string of the molecule is CN(CCC(=O)O)c1nc2sccn2c1[N+](=O)[O-]. The Hall–Kier alpha value is -2.16. The van der Waals surface area contributed by atoms with Crippen molar-refractivity contribution < 1.29 is 14.8 Å². The van der Waals surface area contributed by atoms with Crippen LogP contribution in [0.2, 0.25) is 0 Å². The molecule has 0 aliphatic heterocycles. The summed E-state index contributed by atoms with van der Waals surface area (Å²) in [5, 5.41) is 21.4. The normalized spacial score (nSPS) is 10.7. The van der Waals surface area contributed by atoms with E-state index in [1.807, 2.05) is 0 Å². The molecule has 0 amide bonds. The van der Waals surface area contributed by atoms with Gasteiger partial charge in [0.05, 0.1) is 6.42 Å². The summed E-state index contributed by atoms with van der Waals surface area (Å²) in [5.74, 6) is -0.905. The molecule has 96 valence electrons. The highest BCUT2D eigenvalue weighted by atomic mass is 32.1. The van der Waals surface area contributed by atoms with E-state index < -0.39 is 10.9 Å². The van der Waals surface area contributed by atoms with Crippen LogP contribution in [0.25, 0.3) is 4.96 Å². The fourth-order valence-corrected chi connectivity index (χ4v) is 2.26. The molecule has 0 aliphatic carbocycles. The lowest BCUT2D eigenvalue weighted by atomic mass is 10.4. The summed E-state index contributed by atoms with van der Waals surface area (Å²) < 4.78 is 1.39. The highest BCUT2D eigenvalue weighted by Crippen LogP contribution is 2.30. The van der Waals surface area contributed by atoms with Crippen molar-refractivity contribution in [1.29, 1.82) is 0 Å². The van der Waals surface area contributed by atoms with E-state index in [1.165, 1.54) is 20.6 Å². The molecule has 2 aromatic heterocycles. The number of fused-ring (bicyclic) bond motifs is 1. The summed E-state index contributed by atoms with van der Waals surface area (Å²) in [5.41, 5.74) is 0. The van der Waals surface area contributed by atoms with Crippen molar-refractivity contribution in [2.24, 2.45) is 0 Å². The van der Waals surface area contributed by atoms with E-state index in [4.69, 9.17) is 5.11 Å². The third-order valence-electron chi connectivity index (χ3n) is 2.41. The molecule has 0 radical (unpaired) electrons. The molecule has 2 rings (SSSR count). The van der Waals surface area contributed by atoms with Crippen molar-refractivity contribution in [3.63, 3.8) is 0 Å². The van der Waals surface area contributed by atoms with Gasteiger partial charge in [-0.05, 0) is 4.92 Å². The second-order valence-electron chi connectivity index (χ2n) is 3.64. The standard InChI is InChI=1S/C9H10N4O4S/c1-11(3-2-6(14)15)7-8(13(16)17)12-4-5-18-9(12)10-7/h4-5H,2-3H2,1H3,(H,14,15). The van der Waals surface area contributed by atoms with E-state index in [0.717, 1.165) is 0 Å². The number of rotatable bonds is 5. The van der Waals surface area contributed by atoms with Crippen molar-refractivity contribution in [3.05, 3.63) is 21.7 Å². The molecule has 1 N–H and O–H groups in total. The zero-order valence-corrected chi connectivity index (χ0v) is 10.3. The van der Waals surface area contributed by atoms with Gasteiger partial charge in [-0.3, -0.25) is 4.79 Å². The number of carboxylic acid groups (broad SMARTS) is 1. The van der Waals surface area contributed by atoms with E-state index in [9.17, 15) is 14.9 Å². The monoisotopic (exact) mass is 270 g/mol. The number of nitrogens with zero attached hydrogens (tertiary/aromatic N) is 4. The highest BCUT2D eigenvalue weighted by molar-refractivity contribution is 7.15. The van der Waals surface area contributed by atoms with E-state index in [2.05, 4.69) is 4.98 Å². The molecule has 0 aromatic carbocycles. The average Bonchev–Trinajstić information content (AvgIpc) is 2.83. The van der Waals surface area contributed by atoms with Crippen molar-refractivity contribution in [2.75, 3.05) is 18.5 Å². The van der Waals surface area contributed by atoms with Crippen LogP contribution in [-0.2, 0) is 4.79 Å². The summed E-state index contributed by atoms with van der Waals surface area (Å²) in [6.45, 7) is 0.168. The van der Waals surface area contributed by atoms with E-state index in [0.29, 0.717) is 4.96 Å². The van der Waals surface area contributed by atoms with E-state index in [1.54, 1.807) is 18.6 Å². The second kappa shape index (κ2) is 4.61. The first-order valence-electron chi connectivity index (χ1n) is 5.03. The maximum atomic E-state index is 11.0. The van der Waals surface area contributed by atoms with Crippen LogP contribution in [-0.4, -0.2) is 39.0 Å². The smallest absolute Gasteiger partial charge is 0.373 e. The Morgan fingerprint density at radius 2 is 2.44 bits per heavy atom. The van der Waals surface area contributed by atoms with Gasteiger partial charge in [0, 0.05) is 19.0 Å². The molecule has 0 spiro atoms. The van der Waals surface area contributed by atoms with Crippen LogP contribution in [0, 0.1) is 10.1 Å². The van der Waals surface area contributed by atoms with Crippen molar-refractivity contribution >= 4 is 33.9 Å². The van der Waals surface area contributed by atoms with Gasteiger partial charge in [-0.15, -0.1) is 0 Å². The van der Waals surface area contributed by atoms with Crippen LogP contribution in [0.15, 0.2) is 11.6 Å². The minimum absolute atomic E-state index is 0.0984. The van der Waals surface area contributed by atoms with Gasteiger partial charge in [-0.25, -0.2) is 0 Å². The van der Waals surface area contributed by atoms with Gasteiger partial charge in [0.25, 0.3) is 4.96 Å². The van der Waals surface area contributed by atoms with E-state index in [-0.39, 0.29) is 24.6 Å². The minimum atomic E-state index is -0.953. The molecule has 0 unspecified atom stereocenters. The summed E-state index contributed by atoms with van der Waals surface area (Å²) in [6, 6.07) is 0. The Kier molecular flexibility index (Phi) is 3.15. The Labute approximate surface area is 105 Å². The number of hydrogen-bond donors (Lipinski definition) is 1. The maximum Gasteiger partial charge on any atom is 0.373 e. The number of nitro groups is 1. The van der Waals surface area contributed by atoms with Crippen LogP contribution in [0.5, 0.6) is 0 Å². The maximum absolute atomic E-state index is 11.0. The molecular formula is C9H10N4O4S. The van der Waals surface area contributed by atoms with Crippen LogP contribution in [0.1, 0.15) is 6.42 Å². The number of aliphatic carboxylic acids is 1. The topological polar surface area (TPSA) is 101 Å². The van der Waals surface area contributed by atoms with Crippen molar-refractivity contribution in [2.45, 2.75) is 6.42 Å². The summed E-state index contributed by atoms with van der Waals surface area (Å²) in [4.78, 5) is 27.2. The summed E-state index contributed by atoms with van der Waals surface area (Å²) in [7, 11) is 1.59. The quantitative estimate of drug-likeness (QED) is 0.647. The van der Waals surface area contributed by atoms with Gasteiger partial charge < -0.3 is 20.1 Å². The number of anilines is 1. The lowest BCUT2D eigenvalue weighted by Crippen LogP contribution is -2.22. The lowest BCUT2D eigenvalue weighted by molar-refractivity contribution is -0.389. The first kappa shape index (κ1) is 12.3. The Balaban J connectivity index is 2.37. The van der Waals surface area contributed by atoms with E-state index >= 15 is 0 Å². The molecule has 0 bridgehead atoms. The third-order valence-corrected chi connectivity index (χ3v) is 3.17. The molecule has 0 atom stereocenters. The summed E-state index contributed by atoms with van der Waals surface area (Å²) in [6.07, 6.45) is 1.47. The number of thiazole rings is 1. The van der Waals surface area contributed by atoms with Crippen LogP contribution < -0.4 is 4.90 Å². The fraction of sp³-hybridized carbons (Fsp3) is 0.333. The van der Waals surface area contributed by atoms with Crippen molar-refractivity contribution in [3.8, 4) is 0 Å². The second-order valence-corrected chi connectivity index (χ2v) is 4.51. The Bertz CT molecular complexity index is 605. The first-order valence-corrected chi connectivity index (χ1v) is 5.91. The van der Waals surface area contributed by atoms with Gasteiger partial charge >= 0.3 is 11.8 Å². The van der Waals surface area contributed by atoms with Crippen LogP contribution in [0.4, 0.5) is 11.6 Å². The zero-order valence-electron chi connectivity index (χ0n) is 9.44. The van der Waals surface area contributed by atoms with Crippen LogP contribution in [0.3, 0.4) is 0 Å². The predicted octanol–water partition coefficient (Wildman–Crippen LogP) is 1.21. The highest BCUT2D eigenvalue weighted by Gasteiger charge is 2.26. The van der Waals surface area contributed by atoms with Gasteiger partial charge in [-0.2, -0.15) is 9.38 Å². The van der Waals surface area contributed by atoms with Crippen LogP contribution >= 0.6 is 11.3 Å². The molecule has 0 fully saturated rings. The molecule has 0 saturated carbocycles. The van der Waals surface area contributed by atoms with Gasteiger partial charge in [0.1, 0.15) is 6.20 Å².